The van der Waals surface area contributed by atoms with Crippen LogP contribution in [0.25, 0.3) is 10.8 Å². The fourth-order valence-electron chi connectivity index (χ4n) is 3.81. The average Bonchev–Trinajstić information content (AvgIpc) is 3.20. The molecule has 8 nitrogen and oxygen atoms in total. The van der Waals surface area contributed by atoms with Crippen molar-refractivity contribution in [3.05, 3.63) is 74.4 Å². The SMILES string of the molecule is Cn1c(Cc2nn(C)c(=O)c3ccccc23)nnc1SCCCCCC(=O)Nc1ccc(Cl)cc1Cl. The highest BCUT2D eigenvalue weighted by molar-refractivity contribution is 7.99. The van der Waals surface area contributed by atoms with E-state index in [0.29, 0.717) is 34.0 Å². The van der Waals surface area contributed by atoms with Crippen molar-refractivity contribution in [2.75, 3.05) is 11.1 Å². The monoisotopic (exact) mass is 544 g/mol. The minimum Gasteiger partial charge on any atom is -0.325 e. The number of aryl methyl sites for hydroxylation is 1. The molecular formula is C25H26Cl2N6O2S. The number of carbonyl (C=O) groups excluding carboxylic acids is 1. The molecule has 0 bridgehead atoms. The highest BCUT2D eigenvalue weighted by atomic mass is 35.5. The summed E-state index contributed by atoms with van der Waals surface area (Å²) in [7, 11) is 3.60. The number of nitrogens with zero attached hydrogens (tertiary/aromatic N) is 5. The van der Waals surface area contributed by atoms with E-state index in [0.717, 1.165) is 47.1 Å². The molecule has 4 rings (SSSR count). The largest absolute Gasteiger partial charge is 0.325 e. The molecule has 0 spiro atoms. The minimum absolute atomic E-state index is 0.0654. The van der Waals surface area contributed by atoms with Crippen molar-refractivity contribution in [3.8, 4) is 0 Å². The van der Waals surface area contributed by atoms with Gasteiger partial charge in [0, 0.05) is 36.7 Å². The number of nitrogens with one attached hydrogen (secondary N) is 1. The summed E-state index contributed by atoms with van der Waals surface area (Å²) in [6, 6.07) is 12.5. The van der Waals surface area contributed by atoms with Crippen molar-refractivity contribution in [2.24, 2.45) is 14.1 Å². The highest BCUT2D eigenvalue weighted by Crippen LogP contribution is 2.26. The van der Waals surface area contributed by atoms with Gasteiger partial charge in [0.25, 0.3) is 5.56 Å². The first-order valence-corrected chi connectivity index (χ1v) is 13.3. The summed E-state index contributed by atoms with van der Waals surface area (Å²) in [6.45, 7) is 0. The second-order valence-electron chi connectivity index (χ2n) is 8.39. The number of unbranched alkanes of at least 4 members (excludes halogenated alkanes) is 2. The van der Waals surface area contributed by atoms with Crippen LogP contribution < -0.4 is 10.9 Å². The molecule has 0 saturated heterocycles. The number of benzene rings is 2. The van der Waals surface area contributed by atoms with Crippen LogP contribution in [0, 0.1) is 0 Å². The predicted octanol–water partition coefficient (Wildman–Crippen LogP) is 5.25. The van der Waals surface area contributed by atoms with Crippen LogP contribution in [0.1, 0.15) is 37.2 Å². The number of hydrogen-bond donors (Lipinski definition) is 1. The minimum atomic E-state index is -0.116. The van der Waals surface area contributed by atoms with Crippen molar-refractivity contribution < 1.29 is 4.79 Å². The maximum absolute atomic E-state index is 12.4. The summed E-state index contributed by atoms with van der Waals surface area (Å²) in [4.78, 5) is 24.5. The molecule has 2 heterocycles. The van der Waals surface area contributed by atoms with Crippen LogP contribution in [0.3, 0.4) is 0 Å². The van der Waals surface area contributed by atoms with Gasteiger partial charge in [-0.05, 0) is 37.1 Å². The molecule has 1 amide bonds. The molecular weight excluding hydrogens is 519 g/mol. The number of carbonyl (C=O) groups is 1. The van der Waals surface area contributed by atoms with Gasteiger partial charge in [-0.3, -0.25) is 9.59 Å². The Morgan fingerprint density at radius 2 is 1.81 bits per heavy atom. The second kappa shape index (κ2) is 11.9. The van der Waals surface area contributed by atoms with Crippen molar-refractivity contribution in [3.63, 3.8) is 0 Å². The highest BCUT2D eigenvalue weighted by Gasteiger charge is 2.14. The van der Waals surface area contributed by atoms with Crippen LogP contribution in [0.5, 0.6) is 0 Å². The normalized spacial score (nSPS) is 11.2. The first kappa shape index (κ1) is 26.2. The van der Waals surface area contributed by atoms with Gasteiger partial charge in [-0.15, -0.1) is 10.2 Å². The van der Waals surface area contributed by atoms with Gasteiger partial charge >= 0.3 is 0 Å². The molecule has 0 aliphatic carbocycles. The van der Waals surface area contributed by atoms with Gasteiger partial charge in [-0.1, -0.05) is 59.6 Å². The first-order valence-electron chi connectivity index (χ1n) is 11.5. The Morgan fingerprint density at radius 1 is 1.03 bits per heavy atom. The fourth-order valence-corrected chi connectivity index (χ4v) is 5.20. The van der Waals surface area contributed by atoms with E-state index >= 15 is 0 Å². The molecule has 0 radical (unpaired) electrons. The topological polar surface area (TPSA) is 94.7 Å². The van der Waals surface area contributed by atoms with Gasteiger partial charge in [-0.2, -0.15) is 5.10 Å². The average molecular weight is 545 g/mol. The molecule has 0 aliphatic heterocycles. The molecule has 0 unspecified atom stereocenters. The Bertz CT molecular complexity index is 1450. The van der Waals surface area contributed by atoms with Crippen molar-refractivity contribution in [1.82, 2.24) is 24.5 Å². The summed E-state index contributed by atoms with van der Waals surface area (Å²) < 4.78 is 3.34. The van der Waals surface area contributed by atoms with E-state index in [-0.39, 0.29) is 11.5 Å². The van der Waals surface area contributed by atoms with E-state index < -0.39 is 0 Å². The van der Waals surface area contributed by atoms with Crippen molar-refractivity contribution in [2.45, 2.75) is 37.3 Å². The zero-order chi connectivity index (χ0) is 25.7. The lowest BCUT2D eigenvalue weighted by atomic mass is 10.1. The molecule has 2 aromatic carbocycles. The summed E-state index contributed by atoms with van der Waals surface area (Å²) in [5.74, 6) is 1.59. The molecule has 0 aliphatic rings. The lowest BCUT2D eigenvalue weighted by Gasteiger charge is -2.08. The van der Waals surface area contributed by atoms with E-state index in [1.807, 2.05) is 35.9 Å². The molecule has 0 atom stereocenters. The Labute approximate surface area is 223 Å². The molecule has 1 N–H and O–H groups in total. The standard InChI is InChI=1S/C25H26Cl2N6O2S/c1-32-22(15-21-17-8-5-6-9-18(17)24(35)33(2)31-21)29-30-25(32)36-13-7-3-4-10-23(34)28-20-12-11-16(26)14-19(20)27/h5-6,8-9,11-12,14H,3-4,7,10,13,15H2,1-2H3,(H,28,34). The van der Waals surface area contributed by atoms with Gasteiger partial charge in [0.1, 0.15) is 5.82 Å². The lowest BCUT2D eigenvalue weighted by molar-refractivity contribution is -0.116. The number of rotatable bonds is 10. The fraction of sp³-hybridized carbons (Fsp3) is 0.320. The van der Waals surface area contributed by atoms with Gasteiger partial charge in [0.2, 0.25) is 5.91 Å². The summed E-state index contributed by atoms with van der Waals surface area (Å²) >= 11 is 13.6. The Balaban J connectivity index is 1.25. The van der Waals surface area contributed by atoms with Crippen LogP contribution in [0.2, 0.25) is 10.0 Å². The van der Waals surface area contributed by atoms with Crippen molar-refractivity contribution >= 4 is 57.3 Å². The lowest BCUT2D eigenvalue weighted by Crippen LogP contribution is -2.21. The zero-order valence-corrected chi connectivity index (χ0v) is 22.3. The summed E-state index contributed by atoms with van der Waals surface area (Å²) in [6.07, 6.45) is 3.57. The quantitative estimate of drug-likeness (QED) is 0.216. The van der Waals surface area contributed by atoms with Gasteiger partial charge in [0.15, 0.2) is 5.16 Å². The number of fused-ring (bicyclic) bond motifs is 1. The molecule has 11 heteroatoms. The Hall–Kier alpha value is -2.88. The van der Waals surface area contributed by atoms with E-state index in [1.165, 1.54) is 4.68 Å². The van der Waals surface area contributed by atoms with E-state index in [4.69, 9.17) is 23.2 Å². The number of amides is 1. The smallest absolute Gasteiger partial charge is 0.274 e. The summed E-state index contributed by atoms with van der Waals surface area (Å²) in [5, 5.41) is 19.2. The zero-order valence-electron chi connectivity index (χ0n) is 20.0. The molecule has 2 aromatic heterocycles. The maximum atomic E-state index is 12.4. The van der Waals surface area contributed by atoms with Crippen molar-refractivity contribution in [1.29, 1.82) is 0 Å². The Morgan fingerprint density at radius 3 is 2.58 bits per heavy atom. The van der Waals surface area contributed by atoms with E-state index in [9.17, 15) is 9.59 Å². The number of hydrogen-bond acceptors (Lipinski definition) is 6. The molecule has 0 fully saturated rings. The van der Waals surface area contributed by atoms with Crippen LogP contribution in [0.4, 0.5) is 5.69 Å². The third-order valence-electron chi connectivity index (χ3n) is 5.77. The second-order valence-corrected chi connectivity index (χ2v) is 10.3. The number of thioether (sulfide) groups is 1. The summed E-state index contributed by atoms with van der Waals surface area (Å²) in [5.41, 5.74) is 1.24. The predicted molar refractivity (Wildman–Crippen MR) is 145 cm³/mol. The van der Waals surface area contributed by atoms with E-state index in [1.54, 1.807) is 37.0 Å². The first-order chi connectivity index (χ1) is 17.3. The third-order valence-corrected chi connectivity index (χ3v) is 7.42. The van der Waals surface area contributed by atoms with Gasteiger partial charge < -0.3 is 9.88 Å². The number of halogens is 2. The molecule has 36 heavy (non-hydrogen) atoms. The maximum Gasteiger partial charge on any atom is 0.274 e. The van der Waals surface area contributed by atoms with Gasteiger partial charge in [-0.25, -0.2) is 4.68 Å². The molecule has 4 aromatic rings. The van der Waals surface area contributed by atoms with Crippen LogP contribution >= 0.6 is 35.0 Å². The van der Waals surface area contributed by atoms with Crippen LogP contribution in [0.15, 0.2) is 52.4 Å². The van der Waals surface area contributed by atoms with Crippen LogP contribution in [-0.2, 0) is 25.3 Å². The van der Waals surface area contributed by atoms with E-state index in [2.05, 4.69) is 20.6 Å². The molecule has 188 valence electrons. The van der Waals surface area contributed by atoms with Crippen LogP contribution in [-0.4, -0.2) is 36.2 Å². The number of aromatic nitrogens is 5. The third kappa shape index (κ3) is 6.27. The Kier molecular flexibility index (Phi) is 8.66. The molecule has 0 saturated carbocycles. The number of anilines is 1. The van der Waals surface area contributed by atoms with Gasteiger partial charge in [0.05, 0.1) is 28.2 Å².